The number of hydrogen-bond acceptors (Lipinski definition) is 4. The van der Waals surface area contributed by atoms with Crippen molar-refractivity contribution in [2.24, 2.45) is 0 Å². The van der Waals surface area contributed by atoms with Crippen molar-refractivity contribution in [1.29, 1.82) is 0 Å². The van der Waals surface area contributed by atoms with Crippen molar-refractivity contribution < 1.29 is 42.9 Å². The Balaban J connectivity index is 0.000000983. The molecule has 0 unspecified atom stereocenters. The van der Waals surface area contributed by atoms with Crippen molar-refractivity contribution in [1.82, 2.24) is 0 Å². The molecule has 0 bridgehead atoms. The van der Waals surface area contributed by atoms with Gasteiger partial charge < -0.3 is 9.90 Å². The van der Waals surface area contributed by atoms with Crippen LogP contribution in [0.4, 0.5) is 0 Å². The van der Waals surface area contributed by atoms with Crippen molar-refractivity contribution in [2.45, 2.75) is 97.1 Å². The zero-order chi connectivity index (χ0) is 29.3. The van der Waals surface area contributed by atoms with E-state index in [1.165, 1.54) is 12.8 Å². The van der Waals surface area contributed by atoms with E-state index in [9.17, 15) is 10.2 Å². The van der Waals surface area contributed by atoms with Gasteiger partial charge in [0.05, 0.1) is 0 Å². The van der Waals surface area contributed by atoms with E-state index in [2.05, 4.69) is 61.1 Å². The molecule has 2 atom stereocenters. The molecule has 1 aliphatic heterocycles. The first kappa shape index (κ1) is 31.5. The molecule has 0 radical (unpaired) electrons. The molecule has 2 aromatic rings. The zero-order valence-corrected chi connectivity index (χ0v) is 26.5. The number of hydrogen-bond donors (Lipinski definition) is 2. The number of phenols is 2. The second-order valence-electron chi connectivity index (χ2n) is 12.3. The number of carboxylic acid groups (broad SMARTS) is 1. The molecule has 1 aliphatic carbocycles. The minimum atomic E-state index is -1.08. The fourth-order valence-corrected chi connectivity index (χ4v) is 7.45. The molecule has 0 aromatic heterocycles. The third-order valence-electron chi connectivity index (χ3n) is 6.89. The molecule has 2 fully saturated rings. The maximum absolute atomic E-state index is 11.1. The molecule has 212 valence electrons. The van der Waals surface area contributed by atoms with Gasteiger partial charge in [0.25, 0.3) is 0 Å². The van der Waals surface area contributed by atoms with E-state index in [1.54, 1.807) is 0 Å². The Kier molecular flexibility index (Phi) is 9.87. The average molecular weight is 615 g/mol. The molecule has 2 aliphatic rings. The van der Waals surface area contributed by atoms with E-state index < -0.39 is 5.97 Å². The molecule has 2 aromatic carbocycles. The third-order valence-corrected chi connectivity index (χ3v) is 9.09. The Bertz CT molecular complexity index is 1210. The standard InChI is InChI=1S/C28H36Cl2N2O2.C2H4O2.Cr/c1-27(2,3)21-13-19(29)11-17(25(21)33)15-31-23-9-7-8-10-24(23)32-16-18-12-20(30)14-22(26(18)34)28(4,5)6;1-2(3)4;/h11-16,23-24,33-34H,7-10H2,1-6H3;1H3,(H,3,4);/q;;+2/p-1/t23-,24-;;/m1../s1. The van der Waals surface area contributed by atoms with Crippen LogP contribution in [0.15, 0.2) is 24.3 Å². The van der Waals surface area contributed by atoms with Crippen LogP contribution in [0.2, 0.25) is 10.0 Å². The van der Waals surface area contributed by atoms with E-state index in [0.717, 1.165) is 42.0 Å². The summed E-state index contributed by atoms with van der Waals surface area (Å²) in [7, 11) is 0. The van der Waals surface area contributed by atoms with Gasteiger partial charge in [0.1, 0.15) is 0 Å². The number of halogens is 2. The summed E-state index contributed by atoms with van der Waals surface area (Å²) in [5.74, 6) is -0.482. The van der Waals surface area contributed by atoms with Gasteiger partial charge in [0, 0.05) is 5.97 Å². The normalized spacial score (nSPS) is 21.5. The van der Waals surface area contributed by atoms with Crippen molar-refractivity contribution >= 4 is 41.6 Å². The molecule has 9 heteroatoms. The summed E-state index contributed by atoms with van der Waals surface area (Å²) >= 11 is 12.9. The third kappa shape index (κ3) is 7.79. The van der Waals surface area contributed by atoms with Gasteiger partial charge in [-0.2, -0.15) is 0 Å². The number of carbonyl (C=O) groups excluding carboxylic acids is 1. The van der Waals surface area contributed by atoms with Crippen LogP contribution < -0.4 is 5.11 Å². The maximum atomic E-state index is 11.1. The second kappa shape index (κ2) is 12.2. The van der Waals surface area contributed by atoms with Gasteiger partial charge in [0.2, 0.25) is 0 Å². The average Bonchev–Trinajstić information content (AvgIpc) is 3.13. The van der Waals surface area contributed by atoms with Crippen LogP contribution in [-0.2, 0) is 31.3 Å². The molecule has 4 rings (SSSR count). The van der Waals surface area contributed by atoms with E-state index >= 15 is 0 Å². The number of nitrogens with zero attached hydrogens (tertiary/aromatic N) is 2. The fraction of sp³-hybridized carbons (Fsp3) is 0.500. The predicted octanol–water partition coefficient (Wildman–Crippen LogP) is 5.56. The number of aliphatic carboxylic acids is 1. The van der Waals surface area contributed by atoms with Gasteiger partial charge in [-0.3, -0.25) is 0 Å². The van der Waals surface area contributed by atoms with Gasteiger partial charge in [-0.25, -0.2) is 0 Å². The van der Waals surface area contributed by atoms with Crippen LogP contribution in [0, 0.1) is 0 Å². The SMILES string of the molecule is CC(=O)[O-].CC(C)(C)c1cc(Cl)cc(C=[N+]2[Cr][N+](=Cc3cc(Cl)cc(C(C)(C)C)c3O)[C@@H]3CCCC[C@H]32)c1O. The van der Waals surface area contributed by atoms with Gasteiger partial charge >= 0.3 is 227 Å². The van der Waals surface area contributed by atoms with Gasteiger partial charge in [-0.15, -0.1) is 0 Å². The summed E-state index contributed by atoms with van der Waals surface area (Å²) in [6.07, 6.45) is 8.78. The Morgan fingerprint density at radius 2 is 1.18 bits per heavy atom. The quantitative estimate of drug-likeness (QED) is 0.464. The molecular weight excluding hydrogens is 575 g/mol. The number of aromatic hydroxyl groups is 2. The molecule has 0 amide bonds. The topological polar surface area (TPSA) is 86.6 Å². The number of carbonyl (C=O) groups is 1. The van der Waals surface area contributed by atoms with Crippen LogP contribution >= 0.6 is 23.2 Å². The van der Waals surface area contributed by atoms with Gasteiger partial charge in [-0.1, -0.05) is 0 Å². The monoisotopic (exact) mass is 613 g/mol. The molecule has 1 saturated carbocycles. The number of benzene rings is 2. The van der Waals surface area contributed by atoms with Crippen molar-refractivity contribution in [3.8, 4) is 11.5 Å². The predicted molar refractivity (Wildman–Crippen MR) is 151 cm³/mol. The second-order valence-corrected chi connectivity index (χ2v) is 14.7. The Hall–Kier alpha value is -2.04. The summed E-state index contributed by atoms with van der Waals surface area (Å²) in [5.41, 5.74) is 2.80. The summed E-state index contributed by atoms with van der Waals surface area (Å²) < 4.78 is 4.77. The van der Waals surface area contributed by atoms with E-state index in [4.69, 9.17) is 33.1 Å². The summed E-state index contributed by atoms with van der Waals surface area (Å²) in [6.45, 7) is 13.5. The van der Waals surface area contributed by atoms with E-state index in [-0.39, 0.29) is 26.5 Å². The molecule has 1 saturated heterocycles. The molecule has 0 spiro atoms. The molecule has 39 heavy (non-hydrogen) atoms. The summed E-state index contributed by atoms with van der Waals surface area (Å²) in [5, 5.41) is 32.4. The van der Waals surface area contributed by atoms with Crippen LogP contribution in [0.1, 0.15) is 96.4 Å². The zero-order valence-electron chi connectivity index (χ0n) is 23.7. The fourth-order valence-electron chi connectivity index (χ4n) is 5.01. The number of carboxylic acids is 1. The molecule has 2 N–H and O–H groups in total. The molecule has 6 nitrogen and oxygen atoms in total. The number of rotatable bonds is 2. The van der Waals surface area contributed by atoms with E-state index in [1.807, 2.05) is 24.3 Å². The number of phenolic OH excluding ortho intramolecular Hbond substituents is 2. The first-order chi connectivity index (χ1) is 18.0. The summed E-state index contributed by atoms with van der Waals surface area (Å²) in [4.78, 5) is 8.89. The Labute approximate surface area is 248 Å². The number of fused-ring (bicyclic) bond motifs is 1. The van der Waals surface area contributed by atoms with Crippen molar-refractivity contribution in [3.05, 3.63) is 56.6 Å². The van der Waals surface area contributed by atoms with Gasteiger partial charge in [-0.05, 0) is 6.92 Å². The molecular formula is C30H39Cl2CrN2O4+. The van der Waals surface area contributed by atoms with Crippen LogP contribution in [0.25, 0.3) is 0 Å². The van der Waals surface area contributed by atoms with Crippen LogP contribution in [0.3, 0.4) is 0 Å². The molecule has 1 heterocycles. The first-order valence-electron chi connectivity index (χ1n) is 13.2. The van der Waals surface area contributed by atoms with Crippen LogP contribution in [-0.4, -0.2) is 47.8 Å². The Morgan fingerprint density at radius 1 is 0.846 bits per heavy atom. The van der Waals surface area contributed by atoms with Crippen molar-refractivity contribution in [2.75, 3.05) is 0 Å². The van der Waals surface area contributed by atoms with E-state index in [0.29, 0.717) is 33.6 Å². The summed E-state index contributed by atoms with van der Waals surface area (Å²) in [6, 6.07) is 8.15. The Morgan fingerprint density at radius 3 is 1.49 bits per heavy atom. The van der Waals surface area contributed by atoms with Crippen molar-refractivity contribution in [3.63, 3.8) is 0 Å². The van der Waals surface area contributed by atoms with Gasteiger partial charge in [0.15, 0.2) is 0 Å². The minimum absolute atomic E-state index is 0.0347. The van der Waals surface area contributed by atoms with Crippen LogP contribution in [0.5, 0.6) is 11.5 Å². The first-order valence-corrected chi connectivity index (χ1v) is 15.1.